The number of nitrogens with zero attached hydrogens (tertiary/aromatic N) is 1. The highest BCUT2D eigenvalue weighted by atomic mass is 15.1. The topological polar surface area (TPSA) is 39.1 Å². The number of nitrogens with one attached hydrogen (secondary N) is 2. The van der Waals surface area contributed by atoms with Gasteiger partial charge in [0.25, 0.3) is 0 Å². The number of hydrogen-bond donors (Lipinski definition) is 2. The molecule has 0 bridgehead atoms. The summed E-state index contributed by atoms with van der Waals surface area (Å²) in [4.78, 5) is 1.97. The fourth-order valence-electron chi connectivity index (χ4n) is 0.944. The SMILES string of the molecule is C=CN(/C=C/C=N)CCCNCC. The minimum Gasteiger partial charge on any atom is -0.355 e. The van der Waals surface area contributed by atoms with Gasteiger partial charge >= 0.3 is 0 Å². The standard InChI is InChI=1S/C10H19N3/c1-3-12-8-6-10-13(4-2)9-5-7-11/h4-5,7,9,11-12H,2-3,6,8,10H2,1H3/b9-5+,11-7?. The fraction of sp³-hybridized carbons (Fsp3) is 0.500. The molecule has 74 valence electrons. The van der Waals surface area contributed by atoms with Gasteiger partial charge in [-0.05, 0) is 31.8 Å². The van der Waals surface area contributed by atoms with Crippen molar-refractivity contribution < 1.29 is 0 Å². The van der Waals surface area contributed by atoms with Crippen LogP contribution in [0, 0.1) is 5.41 Å². The second-order valence-electron chi connectivity index (χ2n) is 2.64. The van der Waals surface area contributed by atoms with Gasteiger partial charge in [-0.25, -0.2) is 0 Å². The van der Waals surface area contributed by atoms with Crippen LogP contribution in [0.1, 0.15) is 13.3 Å². The molecule has 0 spiro atoms. The molecule has 0 aromatic rings. The Morgan fingerprint density at radius 1 is 1.54 bits per heavy atom. The zero-order valence-corrected chi connectivity index (χ0v) is 8.29. The van der Waals surface area contributed by atoms with E-state index in [1.54, 1.807) is 12.3 Å². The summed E-state index contributed by atoms with van der Waals surface area (Å²) in [5, 5.41) is 10.1. The van der Waals surface area contributed by atoms with E-state index in [0.717, 1.165) is 26.1 Å². The molecule has 2 N–H and O–H groups in total. The molecule has 3 nitrogen and oxygen atoms in total. The molecule has 0 rings (SSSR count). The summed E-state index contributed by atoms with van der Waals surface area (Å²) in [6.07, 6.45) is 7.66. The molecule has 13 heavy (non-hydrogen) atoms. The van der Waals surface area contributed by atoms with E-state index in [2.05, 4.69) is 18.8 Å². The smallest absolute Gasteiger partial charge is 0.0231 e. The molecule has 0 amide bonds. The summed E-state index contributed by atoms with van der Waals surface area (Å²) in [6.45, 7) is 8.78. The predicted molar refractivity (Wildman–Crippen MR) is 58.0 cm³/mol. The molecule has 0 aliphatic heterocycles. The van der Waals surface area contributed by atoms with E-state index in [1.807, 2.05) is 11.1 Å². The summed E-state index contributed by atoms with van der Waals surface area (Å²) in [5.41, 5.74) is 0. The summed E-state index contributed by atoms with van der Waals surface area (Å²) in [7, 11) is 0. The third-order valence-corrected chi connectivity index (χ3v) is 1.63. The van der Waals surface area contributed by atoms with Crippen LogP contribution in [0.5, 0.6) is 0 Å². The fourth-order valence-corrected chi connectivity index (χ4v) is 0.944. The number of hydrogen-bond acceptors (Lipinski definition) is 3. The van der Waals surface area contributed by atoms with Crippen molar-refractivity contribution in [3.8, 4) is 0 Å². The first-order valence-electron chi connectivity index (χ1n) is 4.61. The van der Waals surface area contributed by atoms with Gasteiger partial charge in [0.05, 0.1) is 0 Å². The van der Waals surface area contributed by atoms with Crippen LogP contribution < -0.4 is 5.32 Å². The lowest BCUT2D eigenvalue weighted by Gasteiger charge is -2.14. The first-order chi connectivity index (χ1) is 6.35. The first kappa shape index (κ1) is 11.9. The first-order valence-corrected chi connectivity index (χ1v) is 4.61. The summed E-state index contributed by atoms with van der Waals surface area (Å²) in [5.74, 6) is 0. The maximum absolute atomic E-state index is 6.83. The molecular formula is C10H19N3. The highest BCUT2D eigenvalue weighted by Crippen LogP contribution is 1.92. The monoisotopic (exact) mass is 181 g/mol. The quantitative estimate of drug-likeness (QED) is 0.441. The van der Waals surface area contributed by atoms with Crippen molar-refractivity contribution >= 4 is 6.21 Å². The van der Waals surface area contributed by atoms with Gasteiger partial charge in [-0.2, -0.15) is 0 Å². The molecule has 0 aromatic carbocycles. The Bertz CT molecular complexity index is 164. The van der Waals surface area contributed by atoms with Gasteiger partial charge < -0.3 is 15.6 Å². The second kappa shape index (κ2) is 9.00. The molecule has 0 radical (unpaired) electrons. The molecule has 0 heterocycles. The molecule has 0 aromatic heterocycles. The average Bonchev–Trinajstić information content (AvgIpc) is 2.17. The van der Waals surface area contributed by atoms with E-state index < -0.39 is 0 Å². The van der Waals surface area contributed by atoms with Crippen molar-refractivity contribution in [3.63, 3.8) is 0 Å². The maximum atomic E-state index is 6.83. The Kier molecular flexibility index (Phi) is 8.25. The Labute approximate surface area is 80.6 Å². The largest absolute Gasteiger partial charge is 0.355 e. The molecule has 0 unspecified atom stereocenters. The van der Waals surface area contributed by atoms with Crippen LogP contribution in [-0.4, -0.2) is 30.7 Å². The number of allylic oxidation sites excluding steroid dienone is 1. The van der Waals surface area contributed by atoms with Crippen LogP contribution in [0.2, 0.25) is 0 Å². The average molecular weight is 181 g/mol. The van der Waals surface area contributed by atoms with Crippen molar-refractivity contribution in [2.24, 2.45) is 0 Å². The second-order valence-corrected chi connectivity index (χ2v) is 2.64. The van der Waals surface area contributed by atoms with Crippen LogP contribution >= 0.6 is 0 Å². The van der Waals surface area contributed by atoms with Crippen molar-refractivity contribution in [3.05, 3.63) is 25.1 Å². The summed E-state index contributed by atoms with van der Waals surface area (Å²) >= 11 is 0. The Morgan fingerprint density at radius 3 is 2.85 bits per heavy atom. The van der Waals surface area contributed by atoms with Crippen molar-refractivity contribution in [1.82, 2.24) is 10.2 Å². The van der Waals surface area contributed by atoms with Crippen LogP contribution in [0.3, 0.4) is 0 Å². The lowest BCUT2D eigenvalue weighted by molar-refractivity contribution is 0.479. The molecule has 0 atom stereocenters. The lowest BCUT2D eigenvalue weighted by atomic mass is 10.4. The molecule has 0 saturated carbocycles. The van der Waals surface area contributed by atoms with Crippen molar-refractivity contribution in [2.45, 2.75) is 13.3 Å². The van der Waals surface area contributed by atoms with Gasteiger partial charge in [0, 0.05) is 19.0 Å². The molecule has 3 heteroatoms. The minimum absolute atomic E-state index is 0.945. The lowest BCUT2D eigenvalue weighted by Crippen LogP contribution is -2.19. The number of rotatable bonds is 8. The van der Waals surface area contributed by atoms with Crippen LogP contribution in [0.4, 0.5) is 0 Å². The zero-order valence-electron chi connectivity index (χ0n) is 8.29. The summed E-state index contributed by atoms with van der Waals surface area (Å²) in [6, 6.07) is 0. The molecule has 0 aliphatic rings. The van der Waals surface area contributed by atoms with Gasteiger partial charge in [-0.1, -0.05) is 13.5 Å². The van der Waals surface area contributed by atoms with Gasteiger partial charge in [0.2, 0.25) is 0 Å². The van der Waals surface area contributed by atoms with Crippen LogP contribution in [-0.2, 0) is 0 Å². The van der Waals surface area contributed by atoms with Gasteiger partial charge in [-0.3, -0.25) is 0 Å². The third kappa shape index (κ3) is 7.28. The van der Waals surface area contributed by atoms with Gasteiger partial charge in [0.15, 0.2) is 0 Å². The third-order valence-electron chi connectivity index (χ3n) is 1.63. The summed E-state index contributed by atoms with van der Waals surface area (Å²) < 4.78 is 0. The van der Waals surface area contributed by atoms with Crippen LogP contribution in [0.15, 0.2) is 25.1 Å². The van der Waals surface area contributed by atoms with E-state index in [4.69, 9.17) is 5.41 Å². The predicted octanol–water partition coefficient (Wildman–Crippen LogP) is 1.59. The molecule has 0 saturated heterocycles. The molecular weight excluding hydrogens is 162 g/mol. The molecule has 0 aliphatic carbocycles. The highest BCUT2D eigenvalue weighted by molar-refractivity contribution is 5.67. The van der Waals surface area contributed by atoms with E-state index in [0.29, 0.717) is 0 Å². The van der Waals surface area contributed by atoms with Crippen LogP contribution in [0.25, 0.3) is 0 Å². The van der Waals surface area contributed by atoms with Gasteiger partial charge in [0.1, 0.15) is 0 Å². The minimum atomic E-state index is 0.945. The Hall–Kier alpha value is -1.09. The Morgan fingerprint density at radius 2 is 2.31 bits per heavy atom. The molecule has 0 fully saturated rings. The highest BCUT2D eigenvalue weighted by Gasteiger charge is 1.91. The van der Waals surface area contributed by atoms with Crippen molar-refractivity contribution in [1.29, 1.82) is 5.41 Å². The normalized spacial score (nSPS) is 10.2. The van der Waals surface area contributed by atoms with Gasteiger partial charge in [-0.15, -0.1) is 0 Å². The van der Waals surface area contributed by atoms with E-state index in [9.17, 15) is 0 Å². The van der Waals surface area contributed by atoms with E-state index in [1.165, 1.54) is 6.21 Å². The van der Waals surface area contributed by atoms with E-state index >= 15 is 0 Å². The van der Waals surface area contributed by atoms with E-state index in [-0.39, 0.29) is 0 Å². The van der Waals surface area contributed by atoms with Crippen molar-refractivity contribution in [2.75, 3.05) is 19.6 Å². The Balaban J connectivity index is 3.53. The maximum Gasteiger partial charge on any atom is 0.0231 e. The zero-order chi connectivity index (χ0) is 9.94.